The Morgan fingerprint density at radius 3 is 2.79 bits per heavy atom. The predicted octanol–water partition coefficient (Wildman–Crippen LogP) is 1.76. The topological polar surface area (TPSA) is 102 Å². The number of nitrogens with zero attached hydrogens (tertiary/aromatic N) is 7. The molecule has 146 valence electrons. The summed E-state index contributed by atoms with van der Waals surface area (Å²) < 4.78 is 1.82. The molecule has 1 aliphatic rings. The van der Waals surface area contributed by atoms with E-state index in [2.05, 4.69) is 30.3 Å². The smallest absolute Gasteiger partial charge is 0.271 e. The number of carbonyl (C=O) groups is 1. The molecule has 3 aromatic heterocycles. The van der Waals surface area contributed by atoms with Gasteiger partial charge < -0.3 is 10.2 Å². The zero-order chi connectivity index (χ0) is 19.3. The molecule has 4 heterocycles. The van der Waals surface area contributed by atoms with Crippen molar-refractivity contribution in [1.82, 2.24) is 35.0 Å². The Bertz CT molecular complexity index is 955. The number of aromatic nitrogens is 6. The molecule has 1 saturated heterocycles. The molecule has 0 unspecified atom stereocenters. The van der Waals surface area contributed by atoms with Gasteiger partial charge in [-0.25, -0.2) is 19.6 Å². The third kappa shape index (κ3) is 3.91. The van der Waals surface area contributed by atoms with Crippen LogP contribution in [-0.2, 0) is 6.54 Å². The number of anilines is 1. The molecule has 10 heteroatoms. The maximum Gasteiger partial charge on any atom is 0.271 e. The molecule has 1 N–H and O–H groups in total. The van der Waals surface area contributed by atoms with Gasteiger partial charge in [-0.05, 0) is 25.5 Å². The minimum atomic E-state index is -0.252. The fourth-order valence-corrected chi connectivity index (χ4v) is 3.66. The molecule has 1 amide bonds. The molecule has 9 nitrogen and oxygen atoms in total. The van der Waals surface area contributed by atoms with Gasteiger partial charge >= 0.3 is 0 Å². The van der Waals surface area contributed by atoms with Gasteiger partial charge in [0.05, 0.1) is 24.3 Å². The molecule has 28 heavy (non-hydrogen) atoms. The highest BCUT2D eigenvalue weighted by atomic mass is 32.2. The second-order valence-corrected chi connectivity index (χ2v) is 7.31. The number of hydrogen-bond donors (Lipinski definition) is 1. The largest absolute Gasteiger partial charge is 0.356 e. The van der Waals surface area contributed by atoms with Crippen LogP contribution in [0.2, 0.25) is 0 Å². The van der Waals surface area contributed by atoms with Crippen LogP contribution >= 0.6 is 11.8 Å². The number of amides is 1. The molecule has 0 aliphatic carbocycles. The van der Waals surface area contributed by atoms with Gasteiger partial charge in [-0.3, -0.25) is 9.78 Å². The third-order valence-corrected chi connectivity index (χ3v) is 5.25. The zero-order valence-corrected chi connectivity index (χ0v) is 16.5. The van der Waals surface area contributed by atoms with E-state index in [0.29, 0.717) is 18.8 Å². The summed E-state index contributed by atoms with van der Waals surface area (Å²) in [6.45, 7) is 2.96. The van der Waals surface area contributed by atoms with Crippen LogP contribution in [0.3, 0.4) is 0 Å². The van der Waals surface area contributed by atoms with E-state index in [1.165, 1.54) is 49.6 Å². The van der Waals surface area contributed by atoms with Gasteiger partial charge in [-0.15, -0.1) is 0 Å². The van der Waals surface area contributed by atoms with E-state index in [1.54, 1.807) is 0 Å². The van der Waals surface area contributed by atoms with E-state index in [0.717, 1.165) is 35.1 Å². The summed E-state index contributed by atoms with van der Waals surface area (Å²) in [7, 11) is 0. The van der Waals surface area contributed by atoms with Crippen molar-refractivity contribution >= 4 is 34.5 Å². The first kappa shape index (κ1) is 18.6. The Labute approximate surface area is 167 Å². The molecule has 0 atom stereocenters. The summed E-state index contributed by atoms with van der Waals surface area (Å²) >= 11 is 1.52. The normalized spacial score (nSPS) is 14.4. The van der Waals surface area contributed by atoms with Crippen molar-refractivity contribution in [3.63, 3.8) is 0 Å². The van der Waals surface area contributed by atoms with Gasteiger partial charge in [0.2, 0.25) is 0 Å². The van der Waals surface area contributed by atoms with Crippen LogP contribution < -0.4 is 10.2 Å². The van der Waals surface area contributed by atoms with Crippen molar-refractivity contribution < 1.29 is 4.79 Å². The van der Waals surface area contributed by atoms with E-state index < -0.39 is 0 Å². The van der Waals surface area contributed by atoms with Crippen LogP contribution in [-0.4, -0.2) is 61.5 Å². The average molecular weight is 398 g/mol. The Morgan fingerprint density at radius 2 is 2.04 bits per heavy atom. The van der Waals surface area contributed by atoms with Crippen LogP contribution in [0, 0.1) is 0 Å². The van der Waals surface area contributed by atoms with E-state index in [1.807, 2.05) is 17.1 Å². The summed E-state index contributed by atoms with van der Waals surface area (Å²) in [5.74, 6) is 0.710. The number of fused-ring (bicyclic) bond motifs is 1. The van der Waals surface area contributed by atoms with Crippen LogP contribution in [0.15, 0.2) is 29.9 Å². The summed E-state index contributed by atoms with van der Waals surface area (Å²) in [5, 5.41) is 9.03. The fraction of sp³-hybridized carbons (Fsp3) is 0.444. The van der Waals surface area contributed by atoms with Gasteiger partial charge in [-0.2, -0.15) is 5.10 Å². The van der Waals surface area contributed by atoms with Gasteiger partial charge in [0.15, 0.2) is 10.8 Å². The Kier molecular flexibility index (Phi) is 5.65. The first-order valence-corrected chi connectivity index (χ1v) is 10.6. The lowest BCUT2D eigenvalue weighted by atomic mass is 10.1. The van der Waals surface area contributed by atoms with Crippen molar-refractivity contribution in [2.45, 2.75) is 31.0 Å². The molecule has 1 aliphatic heterocycles. The average Bonchev–Trinajstić information content (AvgIpc) is 3.17. The highest BCUT2D eigenvalue weighted by molar-refractivity contribution is 7.98. The summed E-state index contributed by atoms with van der Waals surface area (Å²) in [6.07, 6.45) is 11.9. The molecular weight excluding hydrogens is 376 g/mol. The van der Waals surface area contributed by atoms with Crippen molar-refractivity contribution in [3.05, 3.63) is 30.5 Å². The molecule has 0 saturated carbocycles. The van der Waals surface area contributed by atoms with Crippen molar-refractivity contribution in [3.8, 4) is 0 Å². The second kappa shape index (κ2) is 8.51. The minimum Gasteiger partial charge on any atom is -0.356 e. The van der Waals surface area contributed by atoms with E-state index in [-0.39, 0.29) is 5.91 Å². The first-order valence-electron chi connectivity index (χ1n) is 9.33. The molecular formula is C18H22N8OS. The van der Waals surface area contributed by atoms with Gasteiger partial charge in [-0.1, -0.05) is 11.8 Å². The summed E-state index contributed by atoms with van der Waals surface area (Å²) in [5.41, 5.74) is 1.10. The molecule has 4 rings (SSSR count). The van der Waals surface area contributed by atoms with Crippen molar-refractivity contribution in [1.29, 1.82) is 0 Å². The number of hydrogen-bond acceptors (Lipinski definition) is 8. The maximum absolute atomic E-state index is 12.1. The van der Waals surface area contributed by atoms with E-state index >= 15 is 0 Å². The summed E-state index contributed by atoms with van der Waals surface area (Å²) in [4.78, 5) is 31.8. The fourth-order valence-electron chi connectivity index (χ4n) is 3.30. The highest BCUT2D eigenvalue weighted by Gasteiger charge is 2.19. The van der Waals surface area contributed by atoms with Gasteiger partial charge in [0.25, 0.3) is 5.91 Å². The number of carbonyl (C=O) groups excluding carboxylic acids is 1. The number of nitrogens with one attached hydrogen (secondary N) is 1. The Morgan fingerprint density at radius 1 is 1.18 bits per heavy atom. The second-order valence-electron chi connectivity index (χ2n) is 6.53. The quantitative estimate of drug-likeness (QED) is 0.495. The van der Waals surface area contributed by atoms with Crippen LogP contribution in [0.4, 0.5) is 5.82 Å². The molecule has 0 aromatic carbocycles. The lowest BCUT2D eigenvalue weighted by molar-refractivity contribution is 0.0946. The molecule has 3 aromatic rings. The van der Waals surface area contributed by atoms with E-state index in [9.17, 15) is 4.79 Å². The van der Waals surface area contributed by atoms with Gasteiger partial charge in [0, 0.05) is 32.0 Å². The molecule has 0 bridgehead atoms. The lowest BCUT2D eigenvalue weighted by Crippen LogP contribution is -2.30. The SMILES string of the molecule is CSc1nc(N2CCCCC2)c2cnn(CCNC(=O)c3cnccn3)c2n1. The predicted molar refractivity (Wildman–Crippen MR) is 108 cm³/mol. The standard InChI is InChI=1S/C18H22N8OS/c1-28-18-23-15(25-8-3-2-4-9-25)13-11-22-26(16(13)24-18)10-7-21-17(27)14-12-19-5-6-20-14/h5-6,11-12H,2-4,7-10H2,1H3,(H,21,27). The Balaban J connectivity index is 1.52. The molecule has 0 spiro atoms. The highest BCUT2D eigenvalue weighted by Crippen LogP contribution is 2.28. The third-order valence-electron chi connectivity index (χ3n) is 4.70. The van der Waals surface area contributed by atoms with Crippen LogP contribution in [0.5, 0.6) is 0 Å². The van der Waals surface area contributed by atoms with Gasteiger partial charge in [0.1, 0.15) is 11.5 Å². The van der Waals surface area contributed by atoms with E-state index in [4.69, 9.17) is 4.98 Å². The minimum absolute atomic E-state index is 0.252. The van der Waals surface area contributed by atoms with Crippen LogP contribution in [0.1, 0.15) is 29.8 Å². The van der Waals surface area contributed by atoms with Crippen molar-refractivity contribution in [2.24, 2.45) is 0 Å². The number of thioether (sulfide) groups is 1. The first-order chi connectivity index (χ1) is 13.8. The molecule has 0 radical (unpaired) electrons. The lowest BCUT2D eigenvalue weighted by Gasteiger charge is -2.28. The maximum atomic E-state index is 12.1. The zero-order valence-electron chi connectivity index (χ0n) is 15.7. The number of piperidine rings is 1. The molecule has 1 fully saturated rings. The monoisotopic (exact) mass is 398 g/mol. The van der Waals surface area contributed by atoms with Crippen LogP contribution in [0.25, 0.3) is 11.0 Å². The number of rotatable bonds is 6. The Hall–Kier alpha value is -2.75. The van der Waals surface area contributed by atoms with Crippen molar-refractivity contribution in [2.75, 3.05) is 30.8 Å². The summed E-state index contributed by atoms with van der Waals surface area (Å²) in [6, 6.07) is 0.